The summed E-state index contributed by atoms with van der Waals surface area (Å²) < 4.78 is 0. The van der Waals surface area contributed by atoms with E-state index in [1.54, 1.807) is 25.1 Å². The van der Waals surface area contributed by atoms with E-state index in [2.05, 4.69) is 0 Å². The zero-order valence-corrected chi connectivity index (χ0v) is 8.97. The molecule has 1 aromatic rings. The molecule has 0 saturated carbocycles. The fourth-order valence-electron chi connectivity index (χ4n) is 1.81. The highest BCUT2D eigenvalue weighted by atomic mass is 16.4. The molecular weight excluding hydrogens is 192 g/mol. The first kappa shape index (κ1) is 11.6. The summed E-state index contributed by atoms with van der Waals surface area (Å²) in [6.45, 7) is 3.65. The molecule has 0 spiro atoms. The van der Waals surface area contributed by atoms with Crippen molar-refractivity contribution in [3.63, 3.8) is 0 Å². The van der Waals surface area contributed by atoms with Crippen LogP contribution < -0.4 is 0 Å². The van der Waals surface area contributed by atoms with E-state index >= 15 is 0 Å². The number of hydrogen-bond donors (Lipinski definition) is 2. The molecule has 0 aliphatic rings. The quantitative estimate of drug-likeness (QED) is 0.799. The lowest BCUT2D eigenvalue weighted by Crippen LogP contribution is -2.18. The van der Waals surface area contributed by atoms with E-state index in [4.69, 9.17) is 5.11 Å². The van der Waals surface area contributed by atoms with Gasteiger partial charge >= 0.3 is 5.97 Å². The highest BCUT2D eigenvalue weighted by Crippen LogP contribution is 2.29. The van der Waals surface area contributed by atoms with Crippen molar-refractivity contribution in [2.24, 2.45) is 5.92 Å². The molecule has 0 heterocycles. The van der Waals surface area contributed by atoms with Gasteiger partial charge in [-0.1, -0.05) is 26.0 Å². The summed E-state index contributed by atoms with van der Waals surface area (Å²) in [7, 11) is 0. The van der Waals surface area contributed by atoms with Crippen LogP contribution in [0.2, 0.25) is 0 Å². The first-order valence-corrected chi connectivity index (χ1v) is 5.08. The molecule has 0 fully saturated rings. The van der Waals surface area contributed by atoms with Gasteiger partial charge in [0, 0.05) is 0 Å². The Hall–Kier alpha value is -1.51. The minimum absolute atomic E-state index is 0.0467. The Labute approximate surface area is 89.4 Å². The molecule has 0 bridgehead atoms. The third-order valence-electron chi connectivity index (χ3n) is 2.73. The van der Waals surface area contributed by atoms with Crippen LogP contribution in [0.5, 0.6) is 5.75 Å². The number of rotatable bonds is 4. The van der Waals surface area contributed by atoms with Crippen LogP contribution in [-0.4, -0.2) is 16.2 Å². The van der Waals surface area contributed by atoms with Gasteiger partial charge in [-0.2, -0.15) is 0 Å². The van der Waals surface area contributed by atoms with Crippen LogP contribution in [0.25, 0.3) is 0 Å². The lowest BCUT2D eigenvalue weighted by Gasteiger charge is -2.19. The van der Waals surface area contributed by atoms with E-state index in [1.165, 1.54) is 0 Å². The van der Waals surface area contributed by atoms with Crippen molar-refractivity contribution in [3.8, 4) is 5.75 Å². The van der Waals surface area contributed by atoms with Gasteiger partial charge in [-0.25, -0.2) is 0 Å². The van der Waals surface area contributed by atoms with Gasteiger partial charge in [0.15, 0.2) is 0 Å². The Morgan fingerprint density at radius 1 is 1.47 bits per heavy atom. The van der Waals surface area contributed by atoms with Crippen molar-refractivity contribution in [3.05, 3.63) is 29.8 Å². The highest BCUT2D eigenvalue weighted by molar-refractivity contribution is 5.71. The summed E-state index contributed by atoms with van der Waals surface area (Å²) in [5, 5.41) is 18.3. The normalized spacial score (nSPS) is 14.5. The van der Waals surface area contributed by atoms with Gasteiger partial charge in [-0.15, -0.1) is 0 Å². The Kier molecular flexibility index (Phi) is 3.72. The molecule has 2 N–H and O–H groups in total. The second-order valence-electron chi connectivity index (χ2n) is 3.74. The van der Waals surface area contributed by atoms with Gasteiger partial charge in [-0.3, -0.25) is 4.79 Å². The molecule has 1 aromatic carbocycles. The SMILES string of the molecule is CC[C@@H](c1cccc(O)c1)C(C)C(=O)O. The molecule has 0 aromatic heterocycles. The second-order valence-corrected chi connectivity index (χ2v) is 3.74. The third-order valence-corrected chi connectivity index (χ3v) is 2.73. The summed E-state index contributed by atoms with van der Waals surface area (Å²) in [4.78, 5) is 10.9. The molecule has 0 aliphatic carbocycles. The minimum Gasteiger partial charge on any atom is -0.508 e. The van der Waals surface area contributed by atoms with Gasteiger partial charge in [0.1, 0.15) is 5.75 Å². The molecule has 0 amide bonds. The minimum atomic E-state index is -0.801. The summed E-state index contributed by atoms with van der Waals surface area (Å²) >= 11 is 0. The topological polar surface area (TPSA) is 57.5 Å². The van der Waals surface area contributed by atoms with Gasteiger partial charge in [0.25, 0.3) is 0 Å². The lowest BCUT2D eigenvalue weighted by atomic mass is 9.85. The van der Waals surface area contributed by atoms with Gasteiger partial charge < -0.3 is 10.2 Å². The average molecular weight is 208 g/mol. The Balaban J connectivity index is 2.97. The van der Waals surface area contributed by atoms with Crippen molar-refractivity contribution >= 4 is 5.97 Å². The number of phenols is 1. The van der Waals surface area contributed by atoms with E-state index < -0.39 is 11.9 Å². The number of aliphatic carboxylic acids is 1. The molecule has 3 nitrogen and oxygen atoms in total. The standard InChI is InChI=1S/C12H16O3/c1-3-11(8(2)12(14)15)9-5-4-6-10(13)7-9/h4-8,11,13H,3H2,1-2H3,(H,14,15)/t8?,11-/m1/s1. The van der Waals surface area contributed by atoms with Crippen molar-refractivity contribution in [1.29, 1.82) is 0 Å². The predicted octanol–water partition coefficient (Wildman–Crippen LogP) is 2.61. The largest absolute Gasteiger partial charge is 0.508 e. The molecule has 0 radical (unpaired) electrons. The summed E-state index contributed by atoms with van der Waals surface area (Å²) in [5.74, 6) is -1.10. The van der Waals surface area contributed by atoms with E-state index in [0.29, 0.717) is 0 Å². The molecule has 1 rings (SSSR count). The summed E-state index contributed by atoms with van der Waals surface area (Å²) in [5.41, 5.74) is 0.882. The summed E-state index contributed by atoms with van der Waals surface area (Å²) in [6, 6.07) is 6.81. The number of phenolic OH excluding ortho intramolecular Hbond substituents is 1. The first-order chi connectivity index (χ1) is 7.06. The number of aromatic hydroxyl groups is 1. The van der Waals surface area contributed by atoms with Crippen molar-refractivity contribution in [1.82, 2.24) is 0 Å². The maximum atomic E-state index is 10.9. The van der Waals surface area contributed by atoms with E-state index in [1.807, 2.05) is 13.0 Å². The third kappa shape index (κ3) is 2.72. The van der Waals surface area contributed by atoms with Crippen molar-refractivity contribution in [2.75, 3.05) is 0 Å². The Morgan fingerprint density at radius 3 is 2.60 bits per heavy atom. The lowest BCUT2D eigenvalue weighted by molar-refractivity contribution is -0.141. The smallest absolute Gasteiger partial charge is 0.306 e. The number of benzene rings is 1. The monoisotopic (exact) mass is 208 g/mol. The van der Waals surface area contributed by atoms with Crippen LogP contribution in [0.15, 0.2) is 24.3 Å². The van der Waals surface area contributed by atoms with Crippen LogP contribution in [0.4, 0.5) is 0 Å². The maximum absolute atomic E-state index is 10.9. The van der Waals surface area contributed by atoms with E-state index in [0.717, 1.165) is 12.0 Å². The van der Waals surface area contributed by atoms with Gasteiger partial charge in [0.05, 0.1) is 5.92 Å². The molecular formula is C12H16O3. The van der Waals surface area contributed by atoms with E-state index in [-0.39, 0.29) is 11.7 Å². The second kappa shape index (κ2) is 4.82. The van der Waals surface area contributed by atoms with Gasteiger partial charge in [0.2, 0.25) is 0 Å². The summed E-state index contributed by atoms with van der Waals surface area (Å²) in [6.07, 6.45) is 0.747. The fraction of sp³-hybridized carbons (Fsp3) is 0.417. The Morgan fingerprint density at radius 2 is 2.13 bits per heavy atom. The molecule has 0 saturated heterocycles. The number of carboxylic acid groups (broad SMARTS) is 1. The van der Waals surface area contributed by atoms with Crippen LogP contribution in [0.1, 0.15) is 31.7 Å². The molecule has 0 aliphatic heterocycles. The highest BCUT2D eigenvalue weighted by Gasteiger charge is 2.23. The first-order valence-electron chi connectivity index (χ1n) is 5.08. The molecule has 1 unspecified atom stereocenters. The van der Waals surface area contributed by atoms with Crippen LogP contribution >= 0.6 is 0 Å². The molecule has 82 valence electrons. The van der Waals surface area contributed by atoms with Crippen molar-refractivity contribution < 1.29 is 15.0 Å². The van der Waals surface area contributed by atoms with Crippen LogP contribution in [0, 0.1) is 5.92 Å². The van der Waals surface area contributed by atoms with Crippen LogP contribution in [0.3, 0.4) is 0 Å². The zero-order valence-electron chi connectivity index (χ0n) is 8.97. The molecule has 2 atom stereocenters. The average Bonchev–Trinajstić information content (AvgIpc) is 2.18. The van der Waals surface area contributed by atoms with Gasteiger partial charge in [-0.05, 0) is 30.0 Å². The number of carbonyl (C=O) groups is 1. The number of hydrogen-bond acceptors (Lipinski definition) is 2. The Bertz CT molecular complexity index is 346. The van der Waals surface area contributed by atoms with Crippen LogP contribution in [-0.2, 0) is 4.79 Å². The number of carboxylic acids is 1. The molecule has 3 heteroatoms. The van der Waals surface area contributed by atoms with E-state index in [9.17, 15) is 9.90 Å². The van der Waals surface area contributed by atoms with Crippen molar-refractivity contribution in [2.45, 2.75) is 26.2 Å². The molecule has 15 heavy (non-hydrogen) atoms. The predicted molar refractivity (Wildman–Crippen MR) is 57.9 cm³/mol. The fourth-order valence-corrected chi connectivity index (χ4v) is 1.81. The zero-order chi connectivity index (χ0) is 11.4. The maximum Gasteiger partial charge on any atom is 0.306 e.